The minimum Gasteiger partial charge on any atom is -0.369 e. The third-order valence-corrected chi connectivity index (χ3v) is 5.89. The molecule has 7 nitrogen and oxygen atoms in total. The second kappa shape index (κ2) is 7.42. The fourth-order valence-corrected chi connectivity index (χ4v) is 4.02. The monoisotopic (exact) mass is 398 g/mol. The van der Waals surface area contributed by atoms with E-state index in [0.717, 1.165) is 0 Å². The second-order valence-corrected chi connectivity index (χ2v) is 7.58. The maximum Gasteiger partial charge on any atom is 0.234 e. The van der Waals surface area contributed by atoms with Crippen LogP contribution in [-0.4, -0.2) is 46.4 Å². The zero-order chi connectivity index (χ0) is 21.5. The van der Waals surface area contributed by atoms with Gasteiger partial charge in [-0.15, -0.1) is 0 Å². The van der Waals surface area contributed by atoms with Crippen LogP contribution in [0.4, 0.5) is 10.3 Å². The Morgan fingerprint density at radius 2 is 1.97 bits per heavy atom. The Labute approximate surface area is 170 Å². The molecule has 154 valence electrons. The van der Waals surface area contributed by atoms with Crippen LogP contribution < -0.4 is 10.6 Å². The number of carbonyl (C=O) groups excluding carboxylic acids is 1. The quantitative estimate of drug-likeness (QED) is 0.842. The Balaban J connectivity index is 2.14. The first kappa shape index (κ1) is 20.7. The lowest BCUT2D eigenvalue weighted by atomic mass is 9.69. The van der Waals surface area contributed by atoms with Crippen LogP contribution in [0.15, 0.2) is 41.6 Å². The number of halogens is 1. The number of nitrogens with zero attached hydrogens (tertiary/aromatic N) is 5. The maximum atomic E-state index is 14.0. The van der Waals surface area contributed by atoms with Gasteiger partial charge >= 0.3 is 0 Å². The van der Waals surface area contributed by atoms with E-state index in [1.165, 1.54) is 4.90 Å². The average molecular weight is 398 g/mol. The van der Waals surface area contributed by atoms with Gasteiger partial charge in [0.05, 0.1) is 17.3 Å². The van der Waals surface area contributed by atoms with Gasteiger partial charge in [0, 0.05) is 25.7 Å². The molecule has 0 saturated carbocycles. The maximum absolute atomic E-state index is 14.0. The number of allylic oxidation sites excluding steroid dienone is 3. The summed E-state index contributed by atoms with van der Waals surface area (Å²) in [5, 5.41) is 0. The van der Waals surface area contributed by atoms with Crippen molar-refractivity contribution in [1.29, 1.82) is 0 Å². The number of guanidine groups is 1. The van der Waals surface area contributed by atoms with Crippen LogP contribution >= 0.6 is 0 Å². The van der Waals surface area contributed by atoms with Crippen molar-refractivity contribution in [2.75, 3.05) is 19.0 Å². The molecule has 2 N–H and O–H groups in total. The minimum atomic E-state index is -1.01. The van der Waals surface area contributed by atoms with Crippen molar-refractivity contribution < 1.29 is 9.18 Å². The minimum absolute atomic E-state index is 0.128. The highest BCUT2D eigenvalue weighted by Crippen LogP contribution is 2.45. The van der Waals surface area contributed by atoms with Gasteiger partial charge in [-0.25, -0.2) is 19.4 Å². The molecule has 0 bridgehead atoms. The van der Waals surface area contributed by atoms with Crippen molar-refractivity contribution in [1.82, 2.24) is 14.9 Å². The largest absolute Gasteiger partial charge is 0.369 e. The molecule has 1 unspecified atom stereocenters. The first-order chi connectivity index (χ1) is 13.6. The predicted molar refractivity (Wildman–Crippen MR) is 112 cm³/mol. The zero-order valence-corrected chi connectivity index (χ0v) is 17.5. The number of hydrogen-bond acceptors (Lipinski definition) is 6. The molecule has 0 saturated heterocycles. The van der Waals surface area contributed by atoms with E-state index in [0.29, 0.717) is 18.1 Å². The highest BCUT2D eigenvalue weighted by Gasteiger charge is 2.53. The number of aryl methyl sites for hydroxylation is 2. The van der Waals surface area contributed by atoms with Gasteiger partial charge in [-0.05, 0) is 20.3 Å². The summed E-state index contributed by atoms with van der Waals surface area (Å²) in [5.74, 6) is -0.781. The van der Waals surface area contributed by atoms with E-state index in [-0.39, 0.29) is 29.2 Å². The number of rotatable bonds is 4. The number of amides is 1. The number of aliphatic imine (C=N–C) groups is 1. The first-order valence-electron chi connectivity index (χ1n) is 9.51. The van der Waals surface area contributed by atoms with E-state index < -0.39 is 17.3 Å². The standard InChI is InChI=1S/C21H27FN6O/c1-12-18(29)28(6)19(23)26-21(12,16-10-8-7-9-11-16)15(4)27(5)20-24-13(2)17(22)14(3)25-20/h7-10,12,16H,4,11H2,1-3,5-6H3,(H2,23,26)/t12-,16?,21+/m0/s1. The summed E-state index contributed by atoms with van der Waals surface area (Å²) >= 11 is 0. The number of carbonyl (C=O) groups is 1. The number of aromatic nitrogens is 2. The van der Waals surface area contributed by atoms with Crippen LogP contribution in [0.3, 0.4) is 0 Å². The van der Waals surface area contributed by atoms with E-state index in [1.807, 2.05) is 31.2 Å². The molecule has 3 rings (SSSR count). The van der Waals surface area contributed by atoms with Crippen LogP contribution in [0.2, 0.25) is 0 Å². The first-order valence-corrected chi connectivity index (χ1v) is 9.51. The molecule has 0 radical (unpaired) electrons. The lowest BCUT2D eigenvalue weighted by Crippen LogP contribution is -2.60. The molecule has 0 fully saturated rings. The zero-order valence-electron chi connectivity index (χ0n) is 17.5. The normalized spacial score (nSPS) is 26.5. The number of hydrogen-bond donors (Lipinski definition) is 1. The van der Waals surface area contributed by atoms with Gasteiger partial charge in [0.2, 0.25) is 11.9 Å². The highest BCUT2D eigenvalue weighted by atomic mass is 19.1. The molecule has 3 atom stereocenters. The molecule has 1 aromatic rings. The van der Waals surface area contributed by atoms with Gasteiger partial charge in [0.1, 0.15) is 5.54 Å². The number of nitrogens with two attached hydrogens (primary N) is 1. The fourth-order valence-electron chi connectivity index (χ4n) is 4.02. The smallest absolute Gasteiger partial charge is 0.234 e. The summed E-state index contributed by atoms with van der Waals surface area (Å²) in [4.78, 5) is 29.4. The van der Waals surface area contributed by atoms with Crippen molar-refractivity contribution in [3.05, 3.63) is 53.8 Å². The van der Waals surface area contributed by atoms with Crippen molar-refractivity contribution in [3.63, 3.8) is 0 Å². The van der Waals surface area contributed by atoms with Gasteiger partial charge in [-0.1, -0.05) is 37.8 Å². The van der Waals surface area contributed by atoms with Crippen molar-refractivity contribution in [2.45, 2.75) is 32.7 Å². The number of anilines is 1. The van der Waals surface area contributed by atoms with E-state index in [9.17, 15) is 9.18 Å². The summed E-state index contributed by atoms with van der Waals surface area (Å²) < 4.78 is 14.0. The van der Waals surface area contributed by atoms with Crippen molar-refractivity contribution in [3.8, 4) is 0 Å². The Hall–Kier alpha value is -3.03. The predicted octanol–water partition coefficient (Wildman–Crippen LogP) is 2.48. The molecule has 1 aliphatic heterocycles. The highest BCUT2D eigenvalue weighted by molar-refractivity contribution is 6.00. The van der Waals surface area contributed by atoms with E-state index in [4.69, 9.17) is 10.7 Å². The average Bonchev–Trinajstić information content (AvgIpc) is 2.72. The lowest BCUT2D eigenvalue weighted by Gasteiger charge is -2.48. The summed E-state index contributed by atoms with van der Waals surface area (Å²) in [5.41, 5.74) is 6.15. The van der Waals surface area contributed by atoms with Crippen LogP contribution in [0, 0.1) is 31.5 Å². The summed E-state index contributed by atoms with van der Waals surface area (Å²) in [6.45, 7) is 9.30. The molecule has 2 aliphatic rings. The van der Waals surface area contributed by atoms with Gasteiger partial charge < -0.3 is 10.6 Å². The SMILES string of the molecule is C=C(N(C)c1nc(C)c(F)c(C)n1)[C@]1(C2C=CC=CC2)N=C(N)N(C)C(=O)[C@@H]1C. The molecule has 8 heteroatoms. The summed E-state index contributed by atoms with van der Waals surface area (Å²) in [7, 11) is 3.36. The Kier molecular flexibility index (Phi) is 5.30. The van der Waals surface area contributed by atoms with Crippen molar-refractivity contribution >= 4 is 17.8 Å². The van der Waals surface area contributed by atoms with Crippen LogP contribution in [0.25, 0.3) is 0 Å². The Bertz CT molecular complexity index is 929. The molecule has 0 spiro atoms. The van der Waals surface area contributed by atoms with Gasteiger partial charge in [0.15, 0.2) is 11.8 Å². The molecule has 1 amide bonds. The lowest BCUT2D eigenvalue weighted by molar-refractivity contribution is -0.133. The number of likely N-dealkylation sites (N-methyl/N-ethyl adjacent to an activating group) is 1. The van der Waals surface area contributed by atoms with Crippen LogP contribution in [0.1, 0.15) is 24.7 Å². The van der Waals surface area contributed by atoms with Crippen molar-refractivity contribution in [2.24, 2.45) is 22.6 Å². The third-order valence-electron chi connectivity index (χ3n) is 5.89. The van der Waals surface area contributed by atoms with Gasteiger partial charge in [-0.3, -0.25) is 9.69 Å². The fraction of sp³-hybridized carbons (Fsp3) is 0.429. The topological polar surface area (TPSA) is 87.7 Å². The van der Waals surface area contributed by atoms with Gasteiger partial charge in [-0.2, -0.15) is 0 Å². The molecule has 2 heterocycles. The third kappa shape index (κ3) is 3.22. The van der Waals surface area contributed by atoms with E-state index in [1.54, 1.807) is 32.8 Å². The van der Waals surface area contributed by atoms with Crippen LogP contribution in [-0.2, 0) is 4.79 Å². The summed E-state index contributed by atoms with van der Waals surface area (Å²) in [6, 6.07) is 0. The molecule has 29 heavy (non-hydrogen) atoms. The molecular formula is C21H27FN6O. The Morgan fingerprint density at radius 3 is 2.52 bits per heavy atom. The van der Waals surface area contributed by atoms with Crippen LogP contribution in [0.5, 0.6) is 0 Å². The molecule has 1 aromatic heterocycles. The van der Waals surface area contributed by atoms with Gasteiger partial charge in [0.25, 0.3) is 0 Å². The van der Waals surface area contributed by atoms with E-state index >= 15 is 0 Å². The Morgan fingerprint density at radius 1 is 1.34 bits per heavy atom. The molecular weight excluding hydrogens is 371 g/mol. The second-order valence-electron chi connectivity index (χ2n) is 7.58. The van der Waals surface area contributed by atoms with E-state index in [2.05, 4.69) is 16.5 Å². The summed E-state index contributed by atoms with van der Waals surface area (Å²) in [6.07, 6.45) is 8.63. The molecule has 1 aliphatic carbocycles. The molecule has 0 aromatic carbocycles.